The highest BCUT2D eigenvalue weighted by Gasteiger charge is 2.39. The number of fused-ring (bicyclic) bond motifs is 1. The Hall–Kier alpha value is -4.28. The molecule has 0 bridgehead atoms. The first kappa shape index (κ1) is 29.8. The van der Waals surface area contributed by atoms with Crippen molar-refractivity contribution in [2.24, 2.45) is 0 Å². The Balaban J connectivity index is 1.32. The molecule has 0 saturated carbocycles. The van der Waals surface area contributed by atoms with E-state index in [1.165, 1.54) is 16.8 Å². The third-order valence-electron chi connectivity index (χ3n) is 8.35. The zero-order chi connectivity index (χ0) is 30.8. The molecule has 230 valence electrons. The van der Waals surface area contributed by atoms with E-state index >= 15 is 0 Å². The molecule has 1 N–H and O–H groups in total. The summed E-state index contributed by atoms with van der Waals surface area (Å²) in [5.74, 6) is 0.000244. The van der Waals surface area contributed by atoms with Gasteiger partial charge in [-0.2, -0.15) is 18.3 Å². The van der Waals surface area contributed by atoms with E-state index in [0.29, 0.717) is 29.8 Å². The van der Waals surface area contributed by atoms with Crippen LogP contribution >= 0.6 is 0 Å². The molecule has 2 aliphatic rings. The molecule has 1 aromatic carbocycles. The van der Waals surface area contributed by atoms with E-state index in [-0.39, 0.29) is 24.9 Å². The Bertz CT molecular complexity index is 1620. The van der Waals surface area contributed by atoms with Gasteiger partial charge in [-0.05, 0) is 93.3 Å². The normalized spacial score (nSPS) is 15.7. The summed E-state index contributed by atoms with van der Waals surface area (Å²) in [6.07, 6.45) is 3.42. The fourth-order valence-corrected chi connectivity index (χ4v) is 6.40. The van der Waals surface area contributed by atoms with Crippen LogP contribution < -0.4 is 10.2 Å². The van der Waals surface area contributed by atoms with Crippen LogP contribution in [-0.4, -0.2) is 38.7 Å². The van der Waals surface area contributed by atoms with E-state index < -0.39 is 29.6 Å². The summed E-state index contributed by atoms with van der Waals surface area (Å²) < 4.78 is 56.9. The SMILES string of the molecule is Cc1cc(F)cc(C[C@H](NC(=O)Cn2nc(C(F)(F)F)c3c2CCCC3)c2ncccc2-c2ccc(N3CCCC3)nc2)c1. The zero-order valence-corrected chi connectivity index (χ0v) is 24.5. The number of benzene rings is 1. The molecule has 7 nitrogen and oxygen atoms in total. The summed E-state index contributed by atoms with van der Waals surface area (Å²) in [4.78, 5) is 25.1. The number of pyridine rings is 2. The molecule has 4 heterocycles. The summed E-state index contributed by atoms with van der Waals surface area (Å²) in [5, 5.41) is 6.85. The van der Waals surface area contributed by atoms with E-state index in [0.717, 1.165) is 54.9 Å². The van der Waals surface area contributed by atoms with Crippen LogP contribution in [0, 0.1) is 12.7 Å². The highest BCUT2D eigenvalue weighted by molar-refractivity contribution is 5.77. The Morgan fingerprint density at radius 1 is 1.02 bits per heavy atom. The minimum absolute atomic E-state index is 0.181. The molecular formula is C33H34F4N6O. The van der Waals surface area contributed by atoms with Crippen LogP contribution in [0.3, 0.4) is 0 Å². The van der Waals surface area contributed by atoms with Gasteiger partial charge in [0.05, 0.1) is 11.7 Å². The van der Waals surface area contributed by atoms with Crippen molar-refractivity contribution >= 4 is 11.7 Å². The summed E-state index contributed by atoms with van der Waals surface area (Å²) in [5.41, 5.74) is 3.22. The number of rotatable bonds is 8. The molecule has 1 aliphatic carbocycles. The number of carbonyl (C=O) groups is 1. The van der Waals surface area contributed by atoms with Crippen molar-refractivity contribution < 1.29 is 22.4 Å². The van der Waals surface area contributed by atoms with Gasteiger partial charge in [0.1, 0.15) is 18.2 Å². The number of aryl methyl sites for hydroxylation is 1. The molecule has 4 aromatic rings. The van der Waals surface area contributed by atoms with Gasteiger partial charge in [-0.25, -0.2) is 9.37 Å². The average molecular weight is 607 g/mol. The minimum Gasteiger partial charge on any atom is -0.357 e. The molecule has 0 radical (unpaired) electrons. The summed E-state index contributed by atoms with van der Waals surface area (Å²) in [6.45, 7) is 3.36. The topological polar surface area (TPSA) is 75.9 Å². The molecule has 0 spiro atoms. The van der Waals surface area contributed by atoms with E-state index in [2.05, 4.69) is 25.3 Å². The van der Waals surface area contributed by atoms with E-state index in [4.69, 9.17) is 0 Å². The van der Waals surface area contributed by atoms with Crippen molar-refractivity contribution in [3.63, 3.8) is 0 Å². The van der Waals surface area contributed by atoms with Crippen molar-refractivity contribution in [1.29, 1.82) is 0 Å². The summed E-state index contributed by atoms with van der Waals surface area (Å²) in [6, 6.07) is 11.6. The second kappa shape index (κ2) is 12.4. The monoisotopic (exact) mass is 606 g/mol. The third kappa shape index (κ3) is 6.46. The molecule has 6 rings (SSSR count). The van der Waals surface area contributed by atoms with Gasteiger partial charge in [-0.3, -0.25) is 14.5 Å². The first-order valence-electron chi connectivity index (χ1n) is 15.0. The Morgan fingerprint density at radius 2 is 1.82 bits per heavy atom. The van der Waals surface area contributed by atoms with Crippen LogP contribution in [0.1, 0.15) is 65.5 Å². The maximum Gasteiger partial charge on any atom is 0.435 e. The van der Waals surface area contributed by atoms with Crippen molar-refractivity contribution in [1.82, 2.24) is 25.1 Å². The number of nitrogens with one attached hydrogen (secondary N) is 1. The molecule has 1 saturated heterocycles. The standard InChI is InChI=1S/C33H34F4N6O/c1-21-15-22(17-24(34)16-21)18-27(40-30(44)20-43-28-9-3-2-7-26(28)32(41-43)33(35,36)37)31-25(8-6-12-38-31)23-10-11-29(39-19-23)42-13-4-5-14-42/h6,8,10-12,15-17,19,27H,2-5,7,9,13-14,18,20H2,1H3,(H,40,44)/t27-/m0/s1. The number of anilines is 1. The first-order valence-corrected chi connectivity index (χ1v) is 15.0. The van der Waals surface area contributed by atoms with E-state index in [1.807, 2.05) is 24.3 Å². The molecule has 1 aliphatic heterocycles. The van der Waals surface area contributed by atoms with E-state index in [1.54, 1.807) is 25.4 Å². The van der Waals surface area contributed by atoms with Crippen LogP contribution in [0.25, 0.3) is 11.1 Å². The lowest BCUT2D eigenvalue weighted by Crippen LogP contribution is -2.34. The molecule has 1 atom stereocenters. The molecule has 1 fully saturated rings. The molecule has 1 amide bonds. The van der Waals surface area contributed by atoms with Crippen LogP contribution in [0.4, 0.5) is 23.4 Å². The summed E-state index contributed by atoms with van der Waals surface area (Å²) >= 11 is 0. The number of aromatic nitrogens is 4. The molecule has 3 aromatic heterocycles. The minimum atomic E-state index is -4.60. The zero-order valence-electron chi connectivity index (χ0n) is 24.5. The Morgan fingerprint density at radius 3 is 2.55 bits per heavy atom. The lowest BCUT2D eigenvalue weighted by molar-refractivity contribution is -0.142. The van der Waals surface area contributed by atoms with Crippen LogP contribution in [-0.2, 0) is 36.8 Å². The first-order chi connectivity index (χ1) is 21.2. The van der Waals surface area contributed by atoms with E-state index in [9.17, 15) is 22.4 Å². The highest BCUT2D eigenvalue weighted by Crippen LogP contribution is 2.36. The van der Waals surface area contributed by atoms with Gasteiger partial charge >= 0.3 is 6.18 Å². The second-order valence-electron chi connectivity index (χ2n) is 11.6. The highest BCUT2D eigenvalue weighted by atomic mass is 19.4. The number of hydrogen-bond acceptors (Lipinski definition) is 5. The molecule has 44 heavy (non-hydrogen) atoms. The van der Waals surface area contributed by atoms with Gasteiger partial charge in [0.25, 0.3) is 0 Å². The summed E-state index contributed by atoms with van der Waals surface area (Å²) in [7, 11) is 0. The number of halogens is 4. The predicted octanol–water partition coefficient (Wildman–Crippen LogP) is 6.39. The van der Waals surface area contributed by atoms with Gasteiger partial charge in [-0.1, -0.05) is 12.1 Å². The molecule has 0 unspecified atom stereocenters. The van der Waals surface area contributed by atoms with Gasteiger partial charge < -0.3 is 10.2 Å². The third-order valence-corrected chi connectivity index (χ3v) is 8.35. The fourth-order valence-electron chi connectivity index (χ4n) is 6.40. The van der Waals surface area contributed by atoms with Gasteiger partial charge in [0.2, 0.25) is 5.91 Å². The number of nitrogens with zero attached hydrogens (tertiary/aromatic N) is 5. The maximum absolute atomic E-state index is 14.4. The van der Waals surface area contributed by atoms with Gasteiger partial charge in [0.15, 0.2) is 5.69 Å². The lowest BCUT2D eigenvalue weighted by atomic mass is 9.95. The van der Waals surface area contributed by atoms with Crippen molar-refractivity contribution in [2.75, 3.05) is 18.0 Å². The average Bonchev–Trinajstić information content (AvgIpc) is 3.66. The van der Waals surface area contributed by atoms with Gasteiger partial charge in [0, 0.05) is 47.9 Å². The second-order valence-corrected chi connectivity index (χ2v) is 11.6. The Kier molecular flexibility index (Phi) is 8.38. The molecule has 11 heteroatoms. The largest absolute Gasteiger partial charge is 0.435 e. The smallest absolute Gasteiger partial charge is 0.357 e. The number of amides is 1. The van der Waals surface area contributed by atoms with Gasteiger partial charge in [-0.15, -0.1) is 0 Å². The molecular weight excluding hydrogens is 572 g/mol. The van der Waals surface area contributed by atoms with Crippen LogP contribution in [0.5, 0.6) is 0 Å². The lowest BCUT2D eigenvalue weighted by Gasteiger charge is -2.22. The quantitative estimate of drug-likeness (QED) is 0.236. The van der Waals surface area contributed by atoms with Crippen LogP contribution in [0.2, 0.25) is 0 Å². The number of alkyl halides is 3. The number of hydrogen-bond donors (Lipinski definition) is 1. The Labute approximate surface area is 253 Å². The van der Waals surface area contributed by atoms with Crippen molar-refractivity contribution in [2.45, 2.75) is 70.6 Å². The number of carbonyl (C=O) groups excluding carboxylic acids is 1. The van der Waals surface area contributed by atoms with Crippen molar-refractivity contribution in [3.8, 4) is 11.1 Å². The predicted molar refractivity (Wildman–Crippen MR) is 159 cm³/mol. The van der Waals surface area contributed by atoms with Crippen molar-refractivity contribution in [3.05, 3.63) is 94.4 Å². The maximum atomic E-state index is 14.4. The fraction of sp³-hybridized carbons (Fsp3) is 0.394. The van der Waals surface area contributed by atoms with Crippen LogP contribution in [0.15, 0.2) is 54.9 Å².